The van der Waals surface area contributed by atoms with Crippen LogP contribution in [0.5, 0.6) is 0 Å². The molecule has 0 spiro atoms. The van der Waals surface area contributed by atoms with Crippen molar-refractivity contribution in [2.45, 2.75) is 26.8 Å². The maximum atomic E-state index is 11.8. The highest BCUT2D eigenvalue weighted by molar-refractivity contribution is 6.18. The van der Waals surface area contributed by atoms with Crippen LogP contribution < -0.4 is 5.32 Å². The Morgan fingerprint density at radius 1 is 1.50 bits per heavy atom. The van der Waals surface area contributed by atoms with Crippen LogP contribution in [0.15, 0.2) is 18.3 Å². The maximum absolute atomic E-state index is 11.8. The summed E-state index contributed by atoms with van der Waals surface area (Å²) in [5.41, 5.74) is 1.47. The fraction of sp³-hybridized carbons (Fsp3) is 0.500. The summed E-state index contributed by atoms with van der Waals surface area (Å²) < 4.78 is 0. The van der Waals surface area contributed by atoms with E-state index in [2.05, 4.69) is 10.3 Å². The highest BCUT2D eigenvalue weighted by atomic mass is 35.5. The molecular formula is C12H17ClN2O. The van der Waals surface area contributed by atoms with E-state index >= 15 is 0 Å². The van der Waals surface area contributed by atoms with Gasteiger partial charge in [0.15, 0.2) is 0 Å². The van der Waals surface area contributed by atoms with Crippen molar-refractivity contribution in [3.63, 3.8) is 0 Å². The van der Waals surface area contributed by atoms with Gasteiger partial charge in [-0.3, -0.25) is 9.78 Å². The van der Waals surface area contributed by atoms with Crippen LogP contribution in [0.3, 0.4) is 0 Å². The Morgan fingerprint density at radius 3 is 2.62 bits per heavy atom. The number of aryl methyl sites for hydroxylation is 1. The van der Waals surface area contributed by atoms with Crippen LogP contribution in [0, 0.1) is 12.8 Å². The molecule has 0 aliphatic carbocycles. The van der Waals surface area contributed by atoms with Crippen molar-refractivity contribution < 1.29 is 4.79 Å². The second-order valence-corrected chi connectivity index (χ2v) is 4.48. The molecule has 0 fully saturated rings. The highest BCUT2D eigenvalue weighted by Crippen LogP contribution is 2.06. The summed E-state index contributed by atoms with van der Waals surface area (Å²) in [6, 6.07) is 3.58. The smallest absolute Gasteiger partial charge is 0.253 e. The van der Waals surface area contributed by atoms with Gasteiger partial charge in [0.1, 0.15) is 0 Å². The molecule has 0 radical (unpaired) electrons. The number of pyridine rings is 1. The predicted octanol–water partition coefficient (Wildman–Crippen LogP) is 2.38. The van der Waals surface area contributed by atoms with Crippen LogP contribution in [0.1, 0.15) is 29.9 Å². The molecule has 1 unspecified atom stereocenters. The minimum atomic E-state index is -0.119. The van der Waals surface area contributed by atoms with Gasteiger partial charge in [0.2, 0.25) is 0 Å². The zero-order chi connectivity index (χ0) is 12.1. The van der Waals surface area contributed by atoms with E-state index in [0.29, 0.717) is 17.4 Å². The Labute approximate surface area is 101 Å². The molecule has 3 nitrogen and oxygen atoms in total. The molecule has 0 aromatic carbocycles. The van der Waals surface area contributed by atoms with Crippen LogP contribution in [0.2, 0.25) is 0 Å². The molecule has 4 heteroatoms. The minimum Gasteiger partial charge on any atom is -0.348 e. The van der Waals surface area contributed by atoms with E-state index in [-0.39, 0.29) is 11.9 Å². The number of alkyl halides is 1. The summed E-state index contributed by atoms with van der Waals surface area (Å²) in [4.78, 5) is 15.9. The van der Waals surface area contributed by atoms with E-state index in [9.17, 15) is 4.79 Å². The zero-order valence-corrected chi connectivity index (χ0v) is 10.6. The quantitative estimate of drug-likeness (QED) is 0.822. The van der Waals surface area contributed by atoms with E-state index in [1.165, 1.54) is 0 Å². The Bertz CT molecular complexity index is 349. The minimum absolute atomic E-state index is 0.00419. The van der Waals surface area contributed by atoms with E-state index in [4.69, 9.17) is 11.6 Å². The molecule has 0 saturated carbocycles. The highest BCUT2D eigenvalue weighted by Gasteiger charge is 2.15. The number of rotatable bonds is 4. The second-order valence-electron chi connectivity index (χ2n) is 4.17. The monoisotopic (exact) mass is 240 g/mol. The first-order valence-electron chi connectivity index (χ1n) is 5.34. The van der Waals surface area contributed by atoms with E-state index < -0.39 is 0 Å². The third-order valence-corrected chi connectivity index (χ3v) is 2.79. The van der Waals surface area contributed by atoms with Crippen LogP contribution in [0.25, 0.3) is 0 Å². The molecule has 1 N–H and O–H groups in total. The summed E-state index contributed by atoms with van der Waals surface area (Å²) in [5.74, 6) is 0.620. The third-order valence-electron chi connectivity index (χ3n) is 2.46. The Balaban J connectivity index is 2.68. The first-order valence-corrected chi connectivity index (χ1v) is 5.87. The van der Waals surface area contributed by atoms with Crippen molar-refractivity contribution in [1.29, 1.82) is 0 Å². The number of nitrogens with one attached hydrogen (secondary N) is 1. The van der Waals surface area contributed by atoms with Crippen molar-refractivity contribution in [2.75, 3.05) is 5.88 Å². The number of nitrogens with zero attached hydrogens (tertiary/aromatic N) is 1. The van der Waals surface area contributed by atoms with Gasteiger partial charge in [-0.2, -0.15) is 0 Å². The molecule has 1 aromatic rings. The normalized spacial score (nSPS) is 12.6. The lowest BCUT2D eigenvalue weighted by Crippen LogP contribution is -2.39. The number of hydrogen-bond acceptors (Lipinski definition) is 2. The molecule has 1 amide bonds. The van der Waals surface area contributed by atoms with Crippen LogP contribution in [0.4, 0.5) is 0 Å². The lowest BCUT2D eigenvalue weighted by atomic mass is 10.1. The molecular weight excluding hydrogens is 224 g/mol. The maximum Gasteiger partial charge on any atom is 0.253 e. The predicted molar refractivity (Wildman–Crippen MR) is 65.8 cm³/mol. The molecule has 1 atom stereocenters. The number of carbonyl (C=O) groups is 1. The number of aromatic nitrogens is 1. The topological polar surface area (TPSA) is 42.0 Å². The molecule has 1 heterocycles. The number of halogens is 1. The van der Waals surface area contributed by atoms with Gasteiger partial charge in [-0.1, -0.05) is 13.8 Å². The number of carbonyl (C=O) groups excluding carboxylic acids is 1. The van der Waals surface area contributed by atoms with Gasteiger partial charge in [0, 0.05) is 23.8 Å². The van der Waals surface area contributed by atoms with Gasteiger partial charge in [-0.25, -0.2) is 0 Å². The fourth-order valence-corrected chi connectivity index (χ4v) is 1.67. The molecule has 1 rings (SSSR count). The van der Waals surface area contributed by atoms with Crippen LogP contribution in [-0.4, -0.2) is 22.8 Å². The van der Waals surface area contributed by atoms with Crippen molar-refractivity contribution in [2.24, 2.45) is 5.92 Å². The van der Waals surface area contributed by atoms with Crippen molar-refractivity contribution in [3.05, 3.63) is 29.6 Å². The molecule has 88 valence electrons. The van der Waals surface area contributed by atoms with Gasteiger partial charge in [0.25, 0.3) is 5.91 Å². The summed E-state index contributed by atoms with van der Waals surface area (Å²) in [5, 5.41) is 2.89. The molecule has 16 heavy (non-hydrogen) atoms. The molecule has 0 saturated heterocycles. The molecule has 0 aliphatic heterocycles. The van der Waals surface area contributed by atoms with Crippen molar-refractivity contribution >= 4 is 17.5 Å². The Morgan fingerprint density at radius 2 is 2.19 bits per heavy atom. The summed E-state index contributed by atoms with van der Waals surface area (Å²) >= 11 is 5.79. The number of amides is 1. The summed E-state index contributed by atoms with van der Waals surface area (Å²) in [6.45, 7) is 5.94. The largest absolute Gasteiger partial charge is 0.348 e. The lowest BCUT2D eigenvalue weighted by molar-refractivity contribution is 0.0931. The second kappa shape index (κ2) is 5.85. The molecule has 0 aliphatic rings. The average molecular weight is 241 g/mol. The molecule has 0 bridgehead atoms. The SMILES string of the molecule is Cc1ccc(C(=O)NC(CCl)C(C)C)cn1. The summed E-state index contributed by atoms with van der Waals surface area (Å²) in [6.07, 6.45) is 1.58. The average Bonchev–Trinajstić information content (AvgIpc) is 2.26. The van der Waals surface area contributed by atoms with Crippen LogP contribution >= 0.6 is 11.6 Å². The van der Waals surface area contributed by atoms with E-state index in [0.717, 1.165) is 5.69 Å². The Hall–Kier alpha value is -1.09. The lowest BCUT2D eigenvalue weighted by Gasteiger charge is -2.19. The fourth-order valence-electron chi connectivity index (χ4n) is 1.24. The number of hydrogen-bond donors (Lipinski definition) is 1. The van der Waals surface area contributed by atoms with E-state index in [1.807, 2.05) is 26.8 Å². The van der Waals surface area contributed by atoms with Crippen LogP contribution in [-0.2, 0) is 0 Å². The van der Waals surface area contributed by atoms with Crippen molar-refractivity contribution in [3.8, 4) is 0 Å². The van der Waals surface area contributed by atoms with Gasteiger partial charge in [-0.15, -0.1) is 11.6 Å². The Kier molecular flexibility index (Phi) is 4.74. The standard InChI is InChI=1S/C12H17ClN2O/c1-8(2)11(6-13)15-12(16)10-5-4-9(3)14-7-10/h4-5,7-8,11H,6H2,1-3H3,(H,15,16). The molecule has 1 aromatic heterocycles. The van der Waals surface area contributed by atoms with E-state index in [1.54, 1.807) is 12.3 Å². The van der Waals surface area contributed by atoms with Gasteiger partial charge in [0.05, 0.1) is 5.56 Å². The van der Waals surface area contributed by atoms with Crippen molar-refractivity contribution in [1.82, 2.24) is 10.3 Å². The van der Waals surface area contributed by atoms with Gasteiger partial charge >= 0.3 is 0 Å². The zero-order valence-electron chi connectivity index (χ0n) is 9.83. The first kappa shape index (κ1) is 13.0. The summed E-state index contributed by atoms with van der Waals surface area (Å²) in [7, 11) is 0. The first-order chi connectivity index (χ1) is 7.54. The third kappa shape index (κ3) is 3.49. The van der Waals surface area contributed by atoms with Gasteiger partial charge in [-0.05, 0) is 25.0 Å². The van der Waals surface area contributed by atoms with Gasteiger partial charge < -0.3 is 5.32 Å².